The minimum Gasteiger partial charge on any atom is -0.369 e. The molecular weight excluding hydrogens is 310 g/mol. The van der Waals surface area contributed by atoms with Gasteiger partial charge in [-0.15, -0.1) is 0 Å². The Kier molecular flexibility index (Phi) is 6.01. The summed E-state index contributed by atoms with van der Waals surface area (Å²) in [5.74, 6) is 1.38. The van der Waals surface area contributed by atoms with Crippen molar-refractivity contribution in [1.29, 1.82) is 0 Å². The van der Waals surface area contributed by atoms with Gasteiger partial charge in [0.05, 0.1) is 6.54 Å². The molecule has 0 unspecified atom stereocenters. The Morgan fingerprint density at radius 2 is 2.16 bits per heavy atom. The maximum Gasteiger partial charge on any atom is 0.239 e. The number of halogens is 1. The molecule has 0 radical (unpaired) electrons. The minimum absolute atomic E-state index is 0.0342. The maximum absolute atomic E-state index is 11.7. The Morgan fingerprint density at radius 1 is 1.47 bits per heavy atom. The van der Waals surface area contributed by atoms with Gasteiger partial charge in [0, 0.05) is 19.6 Å². The van der Waals surface area contributed by atoms with Crippen molar-refractivity contribution in [3.05, 3.63) is 10.8 Å². The smallest absolute Gasteiger partial charge is 0.239 e. The first-order valence-electron chi connectivity index (χ1n) is 6.20. The summed E-state index contributed by atoms with van der Waals surface area (Å²) >= 11 is 3.46. The van der Waals surface area contributed by atoms with E-state index in [1.807, 2.05) is 27.8 Å². The molecule has 0 aliphatic rings. The molecule has 1 heterocycles. The zero-order valence-corrected chi connectivity index (χ0v) is 13.3. The second-order valence-corrected chi connectivity index (χ2v) is 5.26. The Balaban J connectivity index is 2.79. The van der Waals surface area contributed by atoms with Crippen LogP contribution in [0.5, 0.6) is 0 Å². The van der Waals surface area contributed by atoms with Crippen molar-refractivity contribution in [2.75, 3.05) is 30.4 Å². The van der Waals surface area contributed by atoms with Gasteiger partial charge in [0.2, 0.25) is 5.91 Å². The normalized spacial score (nSPS) is 10.4. The summed E-state index contributed by atoms with van der Waals surface area (Å²) in [5.41, 5.74) is 0. The van der Waals surface area contributed by atoms with Crippen molar-refractivity contribution in [3.8, 4) is 0 Å². The SMILES string of the molecule is CCNc1ncnc(N(C)CC(=O)NC(C)C)c1Br. The highest BCUT2D eigenvalue weighted by atomic mass is 79.9. The first-order chi connectivity index (χ1) is 8.95. The Bertz CT molecular complexity index is 438. The lowest BCUT2D eigenvalue weighted by molar-refractivity contribution is -0.120. The molecule has 0 aliphatic heterocycles. The molecule has 0 atom stereocenters. The van der Waals surface area contributed by atoms with E-state index < -0.39 is 0 Å². The Hall–Kier alpha value is -1.37. The molecule has 0 spiro atoms. The Morgan fingerprint density at radius 3 is 2.74 bits per heavy atom. The van der Waals surface area contributed by atoms with Crippen LogP contribution in [0, 0.1) is 0 Å². The van der Waals surface area contributed by atoms with Crippen LogP contribution in [-0.2, 0) is 4.79 Å². The zero-order valence-electron chi connectivity index (χ0n) is 11.7. The maximum atomic E-state index is 11.7. The molecular formula is C12H20BrN5O. The standard InChI is InChI=1S/C12H20BrN5O/c1-5-14-11-10(13)12(16-7-15-11)18(4)6-9(19)17-8(2)3/h7-8H,5-6H2,1-4H3,(H,17,19)(H,14,15,16). The quantitative estimate of drug-likeness (QED) is 0.830. The van der Waals surface area contributed by atoms with Crippen molar-refractivity contribution >= 4 is 33.5 Å². The Labute approximate surface area is 122 Å². The highest BCUT2D eigenvalue weighted by Crippen LogP contribution is 2.28. The molecule has 19 heavy (non-hydrogen) atoms. The predicted octanol–water partition coefficient (Wildman–Crippen LogP) is 1.63. The molecule has 106 valence electrons. The second-order valence-electron chi connectivity index (χ2n) is 4.47. The van der Waals surface area contributed by atoms with Gasteiger partial charge in [0.25, 0.3) is 0 Å². The van der Waals surface area contributed by atoms with Crippen LogP contribution in [0.1, 0.15) is 20.8 Å². The molecule has 1 aromatic heterocycles. The summed E-state index contributed by atoms with van der Waals surface area (Å²) in [7, 11) is 1.82. The third kappa shape index (κ3) is 4.66. The van der Waals surface area contributed by atoms with E-state index in [9.17, 15) is 4.79 Å². The van der Waals surface area contributed by atoms with Gasteiger partial charge in [-0.25, -0.2) is 9.97 Å². The van der Waals surface area contributed by atoms with Gasteiger partial charge in [0.15, 0.2) is 0 Å². The van der Waals surface area contributed by atoms with Gasteiger partial charge in [0.1, 0.15) is 22.4 Å². The van der Waals surface area contributed by atoms with Crippen LogP contribution >= 0.6 is 15.9 Å². The number of nitrogens with zero attached hydrogens (tertiary/aromatic N) is 3. The number of hydrogen-bond acceptors (Lipinski definition) is 5. The minimum atomic E-state index is -0.0342. The van der Waals surface area contributed by atoms with Crippen LogP contribution in [0.25, 0.3) is 0 Å². The fourth-order valence-corrected chi connectivity index (χ4v) is 2.22. The summed E-state index contributed by atoms with van der Waals surface area (Å²) in [6.07, 6.45) is 1.48. The predicted molar refractivity (Wildman–Crippen MR) is 80.4 cm³/mol. The summed E-state index contributed by atoms with van der Waals surface area (Å²) in [4.78, 5) is 21.9. The summed E-state index contributed by atoms with van der Waals surface area (Å²) in [6, 6.07) is 0.132. The molecule has 0 saturated heterocycles. The van der Waals surface area contributed by atoms with Crippen molar-refractivity contribution in [2.45, 2.75) is 26.8 Å². The van der Waals surface area contributed by atoms with E-state index in [0.717, 1.165) is 16.8 Å². The third-order valence-electron chi connectivity index (χ3n) is 2.31. The van der Waals surface area contributed by atoms with Gasteiger partial charge in [-0.1, -0.05) is 0 Å². The van der Waals surface area contributed by atoms with Gasteiger partial charge < -0.3 is 15.5 Å². The summed E-state index contributed by atoms with van der Waals surface area (Å²) in [5, 5.41) is 5.98. The highest BCUT2D eigenvalue weighted by Gasteiger charge is 2.15. The van der Waals surface area contributed by atoms with Crippen molar-refractivity contribution in [3.63, 3.8) is 0 Å². The number of carbonyl (C=O) groups is 1. The lowest BCUT2D eigenvalue weighted by Crippen LogP contribution is -2.39. The van der Waals surface area contributed by atoms with Gasteiger partial charge in [-0.05, 0) is 36.7 Å². The first-order valence-corrected chi connectivity index (χ1v) is 6.99. The van der Waals surface area contributed by atoms with Crippen LogP contribution in [0.2, 0.25) is 0 Å². The van der Waals surface area contributed by atoms with Gasteiger partial charge >= 0.3 is 0 Å². The molecule has 2 N–H and O–H groups in total. The fourth-order valence-electron chi connectivity index (χ4n) is 1.58. The van der Waals surface area contributed by atoms with Crippen molar-refractivity contribution < 1.29 is 4.79 Å². The third-order valence-corrected chi connectivity index (χ3v) is 3.04. The molecule has 0 bridgehead atoms. The van der Waals surface area contributed by atoms with Crippen molar-refractivity contribution in [1.82, 2.24) is 15.3 Å². The van der Waals surface area contributed by atoms with Crippen LogP contribution in [0.3, 0.4) is 0 Å². The number of carbonyl (C=O) groups excluding carboxylic acids is 1. The second kappa shape index (κ2) is 7.28. The average molecular weight is 330 g/mol. The largest absolute Gasteiger partial charge is 0.369 e. The van der Waals surface area contributed by atoms with E-state index in [1.54, 1.807) is 4.90 Å². The van der Waals surface area contributed by atoms with E-state index in [-0.39, 0.29) is 18.5 Å². The van der Waals surface area contributed by atoms with Crippen LogP contribution < -0.4 is 15.5 Å². The van der Waals surface area contributed by atoms with E-state index in [1.165, 1.54) is 6.33 Å². The molecule has 0 saturated carbocycles. The van der Waals surface area contributed by atoms with Crippen LogP contribution in [-0.4, -0.2) is 42.1 Å². The monoisotopic (exact) mass is 329 g/mol. The lowest BCUT2D eigenvalue weighted by atomic mass is 10.3. The number of likely N-dealkylation sites (N-methyl/N-ethyl adjacent to an activating group) is 1. The van der Waals surface area contributed by atoms with E-state index in [2.05, 4.69) is 36.5 Å². The molecule has 0 fully saturated rings. The van der Waals surface area contributed by atoms with Gasteiger partial charge in [-0.2, -0.15) is 0 Å². The molecule has 0 aromatic carbocycles. The van der Waals surface area contributed by atoms with Crippen molar-refractivity contribution in [2.24, 2.45) is 0 Å². The molecule has 1 amide bonds. The topological polar surface area (TPSA) is 70.2 Å². The van der Waals surface area contributed by atoms with E-state index in [0.29, 0.717) is 5.82 Å². The van der Waals surface area contributed by atoms with Gasteiger partial charge in [-0.3, -0.25) is 4.79 Å². The number of hydrogen-bond donors (Lipinski definition) is 2. The molecule has 1 rings (SSSR count). The number of rotatable bonds is 6. The lowest BCUT2D eigenvalue weighted by Gasteiger charge is -2.20. The summed E-state index contributed by atoms with van der Waals surface area (Å²) in [6.45, 7) is 6.88. The summed E-state index contributed by atoms with van der Waals surface area (Å²) < 4.78 is 0.761. The molecule has 0 aliphatic carbocycles. The number of nitrogens with one attached hydrogen (secondary N) is 2. The van der Waals surface area contributed by atoms with E-state index >= 15 is 0 Å². The molecule has 1 aromatic rings. The fraction of sp³-hybridized carbons (Fsp3) is 0.583. The zero-order chi connectivity index (χ0) is 14.4. The average Bonchev–Trinajstić information content (AvgIpc) is 2.30. The number of amides is 1. The van der Waals surface area contributed by atoms with E-state index in [4.69, 9.17) is 0 Å². The number of aromatic nitrogens is 2. The first kappa shape index (κ1) is 15.7. The van der Waals surface area contributed by atoms with Crippen LogP contribution in [0.15, 0.2) is 10.8 Å². The highest BCUT2D eigenvalue weighted by molar-refractivity contribution is 9.10. The molecule has 6 nitrogen and oxygen atoms in total. The number of anilines is 2. The molecule has 7 heteroatoms. The van der Waals surface area contributed by atoms with Crippen LogP contribution in [0.4, 0.5) is 11.6 Å².